The van der Waals surface area contributed by atoms with Crippen molar-refractivity contribution >= 4 is 17.6 Å². The number of fused-ring (bicyclic) bond motifs is 1. The Morgan fingerprint density at radius 2 is 1.54 bits per heavy atom. The molecule has 1 aliphatic heterocycles. The molecule has 0 saturated carbocycles. The molecule has 1 aliphatic carbocycles. The van der Waals surface area contributed by atoms with E-state index in [4.69, 9.17) is 14.2 Å². The Balaban J connectivity index is 1.15. The monoisotopic (exact) mass is 553 g/mol. The fourth-order valence-corrected chi connectivity index (χ4v) is 5.99. The quantitative estimate of drug-likeness (QED) is 0.177. The number of esters is 1. The van der Waals surface area contributed by atoms with Crippen molar-refractivity contribution in [3.63, 3.8) is 0 Å². The van der Waals surface area contributed by atoms with Crippen LogP contribution in [0.5, 0.6) is 5.75 Å². The van der Waals surface area contributed by atoms with Gasteiger partial charge in [-0.25, -0.2) is 9.59 Å². The molecule has 3 aromatic carbocycles. The van der Waals surface area contributed by atoms with Crippen molar-refractivity contribution in [2.45, 2.75) is 51.7 Å². The number of unbranched alkanes of at least 4 members (excludes halogenated alkanes) is 2. The number of allylic oxidation sites excluding steroid dienone is 1. The third-order valence-corrected chi connectivity index (χ3v) is 8.04. The molecule has 3 aromatic rings. The Hall–Kier alpha value is -4.06. The van der Waals surface area contributed by atoms with E-state index in [1.165, 1.54) is 5.56 Å². The number of amides is 1. The molecule has 5 rings (SSSR count). The molecule has 41 heavy (non-hydrogen) atoms. The topological polar surface area (TPSA) is 65.1 Å². The van der Waals surface area contributed by atoms with Gasteiger partial charge in [0, 0.05) is 18.4 Å². The van der Waals surface area contributed by atoms with E-state index in [1.54, 1.807) is 11.8 Å². The zero-order valence-corrected chi connectivity index (χ0v) is 23.7. The summed E-state index contributed by atoms with van der Waals surface area (Å²) in [5, 5.41) is 0. The van der Waals surface area contributed by atoms with Crippen LogP contribution in [0.25, 0.3) is 5.57 Å². The molecule has 6 heteroatoms. The van der Waals surface area contributed by atoms with Gasteiger partial charge < -0.3 is 14.2 Å². The van der Waals surface area contributed by atoms with Gasteiger partial charge in [0.05, 0.1) is 13.2 Å². The molecule has 1 amide bonds. The lowest BCUT2D eigenvalue weighted by Crippen LogP contribution is -2.44. The summed E-state index contributed by atoms with van der Waals surface area (Å²) in [6.45, 7) is 3.35. The van der Waals surface area contributed by atoms with E-state index in [0.717, 1.165) is 48.1 Å². The third kappa shape index (κ3) is 7.18. The molecular weight excluding hydrogens is 514 g/mol. The van der Waals surface area contributed by atoms with Gasteiger partial charge in [-0.3, -0.25) is 4.90 Å². The van der Waals surface area contributed by atoms with Crippen LogP contribution >= 0.6 is 0 Å². The van der Waals surface area contributed by atoms with Crippen LogP contribution in [0.3, 0.4) is 0 Å². The van der Waals surface area contributed by atoms with E-state index in [1.807, 2.05) is 42.5 Å². The van der Waals surface area contributed by atoms with Gasteiger partial charge in [-0.1, -0.05) is 78.9 Å². The van der Waals surface area contributed by atoms with Crippen molar-refractivity contribution in [3.05, 3.63) is 108 Å². The van der Waals surface area contributed by atoms with Gasteiger partial charge >= 0.3 is 12.1 Å². The molecule has 214 valence electrons. The number of benzene rings is 3. The molecule has 1 fully saturated rings. The minimum atomic E-state index is -0.651. The maximum atomic E-state index is 13.2. The fraction of sp³-hybridized carbons (Fsp3) is 0.371. The van der Waals surface area contributed by atoms with Crippen LogP contribution in [-0.2, 0) is 27.3 Å². The number of hydrogen-bond donors (Lipinski definition) is 0. The first-order valence-corrected chi connectivity index (χ1v) is 14.7. The first-order valence-electron chi connectivity index (χ1n) is 14.7. The van der Waals surface area contributed by atoms with Crippen LogP contribution in [0.2, 0.25) is 0 Å². The molecule has 1 saturated heterocycles. The van der Waals surface area contributed by atoms with Crippen molar-refractivity contribution in [2.24, 2.45) is 11.8 Å². The van der Waals surface area contributed by atoms with Gasteiger partial charge in [-0.15, -0.1) is 0 Å². The van der Waals surface area contributed by atoms with Crippen LogP contribution in [0.1, 0.15) is 49.3 Å². The van der Waals surface area contributed by atoms with Crippen LogP contribution in [0, 0.1) is 11.8 Å². The molecule has 0 aromatic heterocycles. The lowest BCUT2D eigenvalue weighted by Gasteiger charge is -2.25. The van der Waals surface area contributed by atoms with Gasteiger partial charge in [0.1, 0.15) is 18.4 Å². The van der Waals surface area contributed by atoms with E-state index in [2.05, 4.69) is 48.5 Å². The number of rotatable bonds is 12. The standard InChI is InChI=1S/C35H39NO5/c1-2-39-34(37)33-31-22-21-30(32(31)24-36(33)35(38)41-25-27-15-8-4-9-16-27)28-17-19-29(20-18-28)40-23-11-5-10-14-26-12-6-3-7-13-26/h3-4,6-9,12-13,15-21,31-33H,2,5,10-11,14,22-25H2,1H3/t31-,32+,33-/m0/s1. The first-order chi connectivity index (χ1) is 20.1. The zero-order valence-electron chi connectivity index (χ0n) is 23.7. The molecule has 0 unspecified atom stereocenters. The van der Waals surface area contributed by atoms with E-state index < -0.39 is 12.1 Å². The predicted molar refractivity (Wildman–Crippen MR) is 159 cm³/mol. The van der Waals surface area contributed by atoms with Crippen molar-refractivity contribution in [2.75, 3.05) is 19.8 Å². The number of carbonyl (C=O) groups is 2. The van der Waals surface area contributed by atoms with Crippen LogP contribution in [0.15, 0.2) is 91.0 Å². The summed E-state index contributed by atoms with van der Waals surface area (Å²) in [5.74, 6) is 0.512. The zero-order chi connectivity index (χ0) is 28.4. The van der Waals surface area contributed by atoms with Crippen LogP contribution in [0.4, 0.5) is 4.79 Å². The number of carbonyl (C=O) groups excluding carboxylic acids is 2. The predicted octanol–water partition coefficient (Wildman–Crippen LogP) is 7.08. The summed E-state index contributed by atoms with van der Waals surface area (Å²) in [7, 11) is 0. The lowest BCUT2D eigenvalue weighted by atomic mass is 9.87. The molecular formula is C35H39NO5. The molecule has 0 radical (unpaired) electrons. The van der Waals surface area contributed by atoms with E-state index >= 15 is 0 Å². The highest BCUT2D eigenvalue weighted by Gasteiger charge is 2.52. The minimum absolute atomic E-state index is 0.0277. The highest BCUT2D eigenvalue weighted by atomic mass is 16.6. The van der Waals surface area contributed by atoms with Crippen LogP contribution < -0.4 is 4.74 Å². The summed E-state index contributed by atoms with van der Waals surface area (Å²) in [5.41, 5.74) is 4.54. The molecule has 0 N–H and O–H groups in total. The second-order valence-electron chi connectivity index (χ2n) is 10.7. The normalized spacial score (nSPS) is 19.4. The van der Waals surface area contributed by atoms with Crippen molar-refractivity contribution in [3.8, 4) is 5.75 Å². The summed E-state index contributed by atoms with van der Waals surface area (Å²) >= 11 is 0. The average Bonchev–Trinajstić information content (AvgIpc) is 3.59. The second-order valence-corrected chi connectivity index (χ2v) is 10.7. The highest BCUT2D eigenvalue weighted by molar-refractivity contribution is 5.85. The van der Waals surface area contributed by atoms with Gasteiger partial charge in [0.15, 0.2) is 0 Å². The Morgan fingerprint density at radius 1 is 0.829 bits per heavy atom. The summed E-state index contributed by atoms with van der Waals surface area (Å²) in [4.78, 5) is 27.7. The third-order valence-electron chi connectivity index (χ3n) is 8.04. The lowest BCUT2D eigenvalue weighted by molar-refractivity contribution is -0.149. The average molecular weight is 554 g/mol. The largest absolute Gasteiger partial charge is 0.494 e. The highest BCUT2D eigenvalue weighted by Crippen LogP contribution is 2.47. The maximum Gasteiger partial charge on any atom is 0.410 e. The molecule has 1 heterocycles. The first kappa shape index (κ1) is 28.5. The second kappa shape index (κ2) is 14.0. The number of ether oxygens (including phenoxy) is 3. The van der Waals surface area contributed by atoms with Crippen LogP contribution in [-0.4, -0.2) is 42.8 Å². The Kier molecular flexibility index (Phi) is 9.74. The Morgan fingerprint density at radius 3 is 2.24 bits per heavy atom. The van der Waals surface area contributed by atoms with Gasteiger partial charge in [-0.05, 0) is 73.4 Å². The minimum Gasteiger partial charge on any atom is -0.494 e. The molecule has 0 spiro atoms. The molecule has 2 aliphatic rings. The smallest absolute Gasteiger partial charge is 0.410 e. The van der Waals surface area contributed by atoms with E-state index in [0.29, 0.717) is 19.6 Å². The fourth-order valence-electron chi connectivity index (χ4n) is 5.99. The summed E-state index contributed by atoms with van der Waals surface area (Å²) < 4.78 is 17.0. The van der Waals surface area contributed by atoms with Gasteiger partial charge in [0.25, 0.3) is 0 Å². The summed E-state index contributed by atoms with van der Waals surface area (Å²) in [6, 6.07) is 27.7. The van der Waals surface area contributed by atoms with Crippen molar-refractivity contribution < 1.29 is 23.8 Å². The van der Waals surface area contributed by atoms with Crippen molar-refractivity contribution in [1.29, 1.82) is 0 Å². The van der Waals surface area contributed by atoms with Crippen molar-refractivity contribution in [1.82, 2.24) is 4.90 Å². The number of likely N-dealkylation sites (tertiary alicyclic amines) is 1. The maximum absolute atomic E-state index is 13.2. The van der Waals surface area contributed by atoms with E-state index in [9.17, 15) is 9.59 Å². The van der Waals surface area contributed by atoms with E-state index in [-0.39, 0.29) is 31.0 Å². The Bertz CT molecular complexity index is 1310. The molecule has 0 bridgehead atoms. The number of aryl methyl sites for hydroxylation is 1. The SMILES string of the molecule is CCOC(=O)[C@@H]1[C@H]2CC=C(c3ccc(OCCCCCc4ccccc4)cc3)[C@H]2CN1C(=O)OCc1ccccc1. The molecule has 6 nitrogen and oxygen atoms in total. The Labute approximate surface area is 242 Å². The van der Waals surface area contributed by atoms with Gasteiger partial charge in [0.2, 0.25) is 0 Å². The number of nitrogens with zero attached hydrogens (tertiary/aromatic N) is 1. The number of hydrogen-bond acceptors (Lipinski definition) is 5. The van der Waals surface area contributed by atoms with Gasteiger partial charge in [-0.2, -0.15) is 0 Å². The molecule has 3 atom stereocenters. The summed E-state index contributed by atoms with van der Waals surface area (Å²) in [6.07, 6.45) is 6.86.